The molecule has 0 N–H and O–H groups in total. The van der Waals surface area contributed by atoms with E-state index in [1.54, 1.807) is 24.3 Å². The van der Waals surface area contributed by atoms with Crippen LogP contribution < -0.4 is 0 Å². The van der Waals surface area contributed by atoms with Gasteiger partial charge >= 0.3 is 0 Å². The van der Waals surface area contributed by atoms with E-state index in [1.807, 2.05) is 0 Å². The Morgan fingerprint density at radius 1 is 1.00 bits per heavy atom. The Morgan fingerprint density at radius 3 is 1.92 bits per heavy atom. The standard InChI is InChI=1S/C9H4N4/c10-4-8(5-11)2-1-3-9(6-12)7-13/h1-3,8H. The van der Waals surface area contributed by atoms with Crippen molar-refractivity contribution in [1.82, 2.24) is 0 Å². The molecule has 0 saturated heterocycles. The maximum absolute atomic E-state index is 8.33. The number of allylic oxidation sites excluding steroid dienone is 4. The van der Waals surface area contributed by atoms with Gasteiger partial charge in [-0.1, -0.05) is 12.2 Å². The summed E-state index contributed by atoms with van der Waals surface area (Å²) in [6, 6.07) is 6.73. The van der Waals surface area contributed by atoms with Gasteiger partial charge in [0.15, 0.2) is 5.92 Å². The first kappa shape index (κ1) is 10.4. The van der Waals surface area contributed by atoms with E-state index in [1.165, 1.54) is 18.2 Å². The first-order valence-corrected chi connectivity index (χ1v) is 3.26. The molecule has 60 valence electrons. The van der Waals surface area contributed by atoms with E-state index < -0.39 is 5.92 Å². The van der Waals surface area contributed by atoms with Crippen LogP contribution in [0.3, 0.4) is 0 Å². The Balaban J connectivity index is 4.45. The number of nitrogens with zero attached hydrogens (tertiary/aromatic N) is 4. The summed E-state index contributed by atoms with van der Waals surface area (Å²) >= 11 is 0. The minimum atomic E-state index is -0.838. The molecular weight excluding hydrogens is 164 g/mol. The van der Waals surface area contributed by atoms with Gasteiger partial charge in [-0.2, -0.15) is 21.0 Å². The highest BCUT2D eigenvalue weighted by atomic mass is 14.3. The van der Waals surface area contributed by atoms with Crippen molar-refractivity contribution in [2.75, 3.05) is 0 Å². The molecule has 0 aromatic rings. The van der Waals surface area contributed by atoms with Crippen LogP contribution in [0, 0.1) is 51.2 Å². The smallest absolute Gasteiger partial charge is 0.151 e. The highest BCUT2D eigenvalue weighted by molar-refractivity contribution is 5.38. The van der Waals surface area contributed by atoms with Crippen molar-refractivity contribution in [2.24, 2.45) is 5.92 Å². The minimum absolute atomic E-state index is 0.0640. The average molecular weight is 168 g/mol. The summed E-state index contributed by atoms with van der Waals surface area (Å²) in [5, 5.41) is 33.3. The molecule has 0 aliphatic rings. The van der Waals surface area contributed by atoms with Crippen molar-refractivity contribution in [2.45, 2.75) is 0 Å². The zero-order chi connectivity index (χ0) is 10.1. The fourth-order valence-corrected chi connectivity index (χ4v) is 0.477. The molecule has 0 amide bonds. The summed E-state index contributed by atoms with van der Waals surface area (Å²) in [4.78, 5) is 0. The monoisotopic (exact) mass is 168 g/mol. The first-order valence-electron chi connectivity index (χ1n) is 3.26. The number of hydrogen-bond donors (Lipinski definition) is 0. The van der Waals surface area contributed by atoms with E-state index in [0.29, 0.717) is 0 Å². The molecule has 4 heteroatoms. The molecule has 0 fully saturated rings. The topological polar surface area (TPSA) is 95.2 Å². The molecule has 0 heterocycles. The predicted molar refractivity (Wildman–Crippen MR) is 43.2 cm³/mol. The minimum Gasteiger partial charge on any atom is -0.197 e. The first-order chi connectivity index (χ1) is 6.28. The number of nitriles is 4. The second kappa shape index (κ2) is 6.17. The van der Waals surface area contributed by atoms with Gasteiger partial charge in [-0.05, 0) is 6.08 Å². The van der Waals surface area contributed by atoms with Crippen molar-refractivity contribution < 1.29 is 0 Å². The summed E-state index contributed by atoms with van der Waals surface area (Å²) in [6.07, 6.45) is 3.91. The lowest BCUT2D eigenvalue weighted by molar-refractivity contribution is 1.09. The molecule has 4 nitrogen and oxygen atoms in total. The fraction of sp³-hybridized carbons (Fsp3) is 0.111. The molecule has 0 rings (SSSR count). The van der Waals surface area contributed by atoms with Crippen molar-refractivity contribution in [3.63, 3.8) is 0 Å². The summed E-state index contributed by atoms with van der Waals surface area (Å²) in [5.41, 5.74) is -0.0640. The molecular formula is C9H4N4. The van der Waals surface area contributed by atoms with Crippen LogP contribution in [-0.2, 0) is 0 Å². The summed E-state index contributed by atoms with van der Waals surface area (Å²) in [6.45, 7) is 0. The average Bonchev–Trinajstić information content (AvgIpc) is 2.19. The van der Waals surface area contributed by atoms with Crippen molar-refractivity contribution in [3.8, 4) is 24.3 Å². The molecule has 0 unspecified atom stereocenters. The van der Waals surface area contributed by atoms with Crippen LogP contribution in [0.25, 0.3) is 0 Å². The molecule has 13 heavy (non-hydrogen) atoms. The summed E-state index contributed by atoms with van der Waals surface area (Å²) in [5.74, 6) is -0.838. The molecule has 0 saturated carbocycles. The Kier molecular flexibility index (Phi) is 4.95. The van der Waals surface area contributed by atoms with Crippen molar-refractivity contribution in [1.29, 1.82) is 21.0 Å². The molecule has 0 aliphatic heterocycles. The van der Waals surface area contributed by atoms with Gasteiger partial charge in [0.05, 0.1) is 12.1 Å². The highest BCUT2D eigenvalue weighted by Gasteiger charge is 1.96. The summed E-state index contributed by atoms with van der Waals surface area (Å²) < 4.78 is 0. The van der Waals surface area contributed by atoms with Crippen molar-refractivity contribution >= 4 is 0 Å². The summed E-state index contributed by atoms with van der Waals surface area (Å²) in [7, 11) is 0. The lowest BCUT2D eigenvalue weighted by Crippen LogP contribution is -1.83. The lowest BCUT2D eigenvalue weighted by atomic mass is 10.2. The van der Waals surface area contributed by atoms with Crippen molar-refractivity contribution in [3.05, 3.63) is 23.8 Å². The quantitative estimate of drug-likeness (QED) is 0.456. The van der Waals surface area contributed by atoms with Crippen LogP contribution in [0.5, 0.6) is 0 Å². The van der Waals surface area contributed by atoms with Crippen LogP contribution in [0.1, 0.15) is 0 Å². The van der Waals surface area contributed by atoms with E-state index in [-0.39, 0.29) is 5.57 Å². The van der Waals surface area contributed by atoms with Crippen LogP contribution in [0.4, 0.5) is 0 Å². The Labute approximate surface area is 75.8 Å². The number of hydrogen-bond acceptors (Lipinski definition) is 4. The van der Waals surface area contributed by atoms with E-state index in [4.69, 9.17) is 21.0 Å². The van der Waals surface area contributed by atoms with E-state index in [9.17, 15) is 0 Å². The van der Waals surface area contributed by atoms with Crippen LogP contribution in [-0.4, -0.2) is 0 Å². The maximum Gasteiger partial charge on any atom is 0.151 e. The fourth-order valence-electron chi connectivity index (χ4n) is 0.477. The number of rotatable bonds is 2. The van der Waals surface area contributed by atoms with Crippen LogP contribution >= 0.6 is 0 Å². The second-order valence-corrected chi connectivity index (χ2v) is 1.92. The molecule has 0 bridgehead atoms. The SMILES string of the molecule is N#CC(C#N)=CC=CC(C#N)C#N. The van der Waals surface area contributed by atoms with E-state index in [2.05, 4.69) is 0 Å². The van der Waals surface area contributed by atoms with E-state index >= 15 is 0 Å². The van der Waals surface area contributed by atoms with Gasteiger partial charge in [-0.15, -0.1) is 0 Å². The van der Waals surface area contributed by atoms with Crippen LogP contribution in [0.2, 0.25) is 0 Å². The van der Waals surface area contributed by atoms with Gasteiger partial charge in [0.1, 0.15) is 17.7 Å². The predicted octanol–water partition coefficient (Wildman–Crippen LogP) is 1.18. The Morgan fingerprint density at radius 2 is 1.54 bits per heavy atom. The van der Waals surface area contributed by atoms with Gasteiger partial charge in [0.25, 0.3) is 0 Å². The van der Waals surface area contributed by atoms with Gasteiger partial charge < -0.3 is 0 Å². The molecule has 0 spiro atoms. The molecule has 0 aromatic carbocycles. The van der Waals surface area contributed by atoms with E-state index in [0.717, 1.165) is 0 Å². The van der Waals surface area contributed by atoms with Gasteiger partial charge in [0.2, 0.25) is 0 Å². The Hall–Kier alpha value is -2.56. The third kappa shape index (κ3) is 3.99. The lowest BCUT2D eigenvalue weighted by Gasteiger charge is -1.83. The second-order valence-electron chi connectivity index (χ2n) is 1.92. The Bertz CT molecular complexity index is 359. The zero-order valence-corrected chi connectivity index (χ0v) is 6.60. The molecule has 0 atom stereocenters. The normalized spacial score (nSPS) is 8.08. The van der Waals surface area contributed by atoms with Gasteiger partial charge in [-0.3, -0.25) is 0 Å². The van der Waals surface area contributed by atoms with Gasteiger partial charge in [-0.25, -0.2) is 0 Å². The molecule has 0 aromatic heterocycles. The molecule has 0 radical (unpaired) electrons. The largest absolute Gasteiger partial charge is 0.197 e. The maximum atomic E-state index is 8.33. The van der Waals surface area contributed by atoms with Gasteiger partial charge in [0, 0.05) is 0 Å². The van der Waals surface area contributed by atoms with Crippen LogP contribution in [0.15, 0.2) is 23.8 Å². The zero-order valence-electron chi connectivity index (χ0n) is 6.60. The molecule has 0 aliphatic carbocycles. The highest BCUT2D eigenvalue weighted by Crippen LogP contribution is 1.96. The third-order valence-corrected chi connectivity index (χ3v) is 1.09. The third-order valence-electron chi connectivity index (χ3n) is 1.09.